The highest BCUT2D eigenvalue weighted by molar-refractivity contribution is 6.33. The fourth-order valence-corrected chi connectivity index (χ4v) is 4.26. The molecule has 176 valence electrons. The first-order chi connectivity index (χ1) is 16.4. The smallest absolute Gasteiger partial charge is 0.414 e. The number of nitrogens with two attached hydrogens (primary N) is 1. The Bertz CT molecular complexity index is 1160. The second-order valence-corrected chi connectivity index (χ2v) is 8.15. The maximum absolute atomic E-state index is 12.5. The number of benzene rings is 1. The Kier molecular flexibility index (Phi) is 6.70. The van der Waals surface area contributed by atoms with Crippen LogP contribution in [-0.2, 0) is 16.1 Å². The summed E-state index contributed by atoms with van der Waals surface area (Å²) >= 11 is 6.38. The van der Waals surface area contributed by atoms with Gasteiger partial charge in [0.15, 0.2) is 11.8 Å². The summed E-state index contributed by atoms with van der Waals surface area (Å²) in [6.45, 7) is 1.48. The number of ether oxygens (including phenoxy) is 2. The number of nitriles is 1. The second-order valence-electron chi connectivity index (χ2n) is 7.75. The van der Waals surface area contributed by atoms with Crippen molar-refractivity contribution in [3.8, 4) is 11.8 Å². The molecule has 1 fully saturated rings. The van der Waals surface area contributed by atoms with Crippen LogP contribution in [0.2, 0.25) is 5.02 Å². The average Bonchev–Trinajstić information content (AvgIpc) is 2.82. The highest BCUT2D eigenvalue weighted by Gasteiger charge is 2.34. The zero-order valence-corrected chi connectivity index (χ0v) is 18.7. The van der Waals surface area contributed by atoms with Gasteiger partial charge in [0.05, 0.1) is 23.0 Å². The lowest BCUT2D eigenvalue weighted by molar-refractivity contribution is -0.118. The number of halogens is 1. The number of amides is 3. The van der Waals surface area contributed by atoms with E-state index in [9.17, 15) is 14.4 Å². The van der Waals surface area contributed by atoms with Crippen molar-refractivity contribution in [2.24, 2.45) is 5.73 Å². The molecule has 1 aromatic carbocycles. The third kappa shape index (κ3) is 4.82. The number of anilines is 2. The molecule has 1 atom stereocenters. The average molecular weight is 485 g/mol. The van der Waals surface area contributed by atoms with Crippen LogP contribution in [0.3, 0.4) is 0 Å². The van der Waals surface area contributed by atoms with Gasteiger partial charge in [0, 0.05) is 30.8 Å². The first-order valence-corrected chi connectivity index (χ1v) is 10.9. The number of nitrogens with zero attached hydrogens (tertiary/aromatic N) is 4. The molecule has 1 aromatic heterocycles. The minimum Gasteiger partial charge on any atom is -0.444 e. The third-order valence-corrected chi connectivity index (χ3v) is 5.89. The number of carbonyl (C=O) groups excluding carboxylic acids is 3. The number of primary amides is 1. The molecule has 0 saturated carbocycles. The van der Waals surface area contributed by atoms with Gasteiger partial charge in [-0.2, -0.15) is 5.26 Å². The summed E-state index contributed by atoms with van der Waals surface area (Å²) in [4.78, 5) is 43.4. The van der Waals surface area contributed by atoms with Crippen molar-refractivity contribution in [3.05, 3.63) is 47.1 Å². The van der Waals surface area contributed by atoms with Crippen LogP contribution < -0.4 is 25.6 Å². The molecule has 0 bridgehead atoms. The maximum atomic E-state index is 12.5. The van der Waals surface area contributed by atoms with Crippen LogP contribution in [0.25, 0.3) is 0 Å². The summed E-state index contributed by atoms with van der Waals surface area (Å²) < 4.78 is 10.4. The molecule has 1 saturated heterocycles. The molecule has 2 aliphatic rings. The van der Waals surface area contributed by atoms with Crippen LogP contribution in [0.4, 0.5) is 21.1 Å². The zero-order valence-electron chi connectivity index (χ0n) is 17.9. The normalized spacial score (nSPS) is 16.6. The molecular weight excluding hydrogens is 464 g/mol. The Morgan fingerprint density at radius 3 is 2.74 bits per heavy atom. The summed E-state index contributed by atoms with van der Waals surface area (Å²) in [6, 6.07) is 9.14. The zero-order chi connectivity index (χ0) is 24.2. The van der Waals surface area contributed by atoms with Crippen molar-refractivity contribution in [1.29, 1.82) is 5.26 Å². The van der Waals surface area contributed by atoms with Crippen molar-refractivity contribution in [2.75, 3.05) is 22.9 Å². The van der Waals surface area contributed by atoms with Gasteiger partial charge in [0.2, 0.25) is 0 Å². The molecule has 2 aliphatic heterocycles. The molecule has 0 radical (unpaired) electrons. The Morgan fingerprint density at radius 1 is 1.32 bits per heavy atom. The third-order valence-electron chi connectivity index (χ3n) is 5.61. The molecule has 34 heavy (non-hydrogen) atoms. The van der Waals surface area contributed by atoms with Gasteiger partial charge >= 0.3 is 12.2 Å². The van der Waals surface area contributed by atoms with Crippen molar-refractivity contribution in [2.45, 2.75) is 31.5 Å². The summed E-state index contributed by atoms with van der Waals surface area (Å²) in [5.41, 5.74) is 6.86. The molecule has 3 amide bonds. The van der Waals surface area contributed by atoms with Crippen LogP contribution in [0, 0.1) is 11.3 Å². The van der Waals surface area contributed by atoms with Gasteiger partial charge in [0.25, 0.3) is 5.91 Å². The van der Waals surface area contributed by atoms with E-state index in [2.05, 4.69) is 4.98 Å². The highest BCUT2D eigenvalue weighted by atomic mass is 35.5. The molecule has 12 heteroatoms. The van der Waals surface area contributed by atoms with Crippen molar-refractivity contribution in [1.82, 2.24) is 10.3 Å². The highest BCUT2D eigenvalue weighted by Crippen LogP contribution is 2.34. The fraction of sp³-hybridized carbons (Fsp3) is 0.318. The quantitative estimate of drug-likeness (QED) is 0.656. The standard InChI is InChI=1S/C22H21ClN6O5/c23-16-9-15(34-21(31)27-17(10-24)19(25)30)11-26-20(16)28-7-5-14(6-8-28)29-18-4-2-1-3-13(18)12-33-22(29)32/h1-4,9,11,14,17H,5-8,12H2,(H2,25,30)(H,27,31). The van der Waals surface area contributed by atoms with Crippen LogP contribution in [0.15, 0.2) is 36.5 Å². The minimum atomic E-state index is -1.51. The lowest BCUT2D eigenvalue weighted by Gasteiger charge is -2.40. The number of cyclic esters (lactones) is 1. The Labute approximate surface area is 200 Å². The number of para-hydroxylation sites is 1. The van der Waals surface area contributed by atoms with Gasteiger partial charge in [-0.05, 0) is 18.9 Å². The van der Waals surface area contributed by atoms with Gasteiger partial charge in [-0.15, -0.1) is 0 Å². The SMILES string of the molecule is N#CC(NC(=O)Oc1cnc(N2CCC(N3C(=O)OCc4ccccc43)CC2)c(Cl)c1)C(N)=O. The van der Waals surface area contributed by atoms with E-state index in [1.165, 1.54) is 12.3 Å². The number of fused-ring (bicyclic) bond motifs is 1. The summed E-state index contributed by atoms with van der Waals surface area (Å²) in [5, 5.41) is 11.1. The molecule has 2 aromatic rings. The molecule has 3 heterocycles. The van der Waals surface area contributed by atoms with E-state index < -0.39 is 18.0 Å². The molecule has 1 unspecified atom stereocenters. The molecule has 11 nitrogen and oxygen atoms in total. The topological polar surface area (TPSA) is 151 Å². The van der Waals surface area contributed by atoms with E-state index in [0.717, 1.165) is 11.3 Å². The Morgan fingerprint density at radius 2 is 2.06 bits per heavy atom. The Balaban J connectivity index is 1.39. The summed E-state index contributed by atoms with van der Waals surface area (Å²) in [5.74, 6) is -0.452. The largest absolute Gasteiger partial charge is 0.444 e. The lowest BCUT2D eigenvalue weighted by Crippen LogP contribution is -2.49. The van der Waals surface area contributed by atoms with E-state index in [4.69, 9.17) is 32.1 Å². The van der Waals surface area contributed by atoms with Gasteiger partial charge in [-0.3, -0.25) is 15.0 Å². The van der Waals surface area contributed by atoms with Gasteiger partial charge in [-0.1, -0.05) is 29.8 Å². The number of hydrogen-bond acceptors (Lipinski definition) is 8. The van der Waals surface area contributed by atoms with E-state index in [-0.39, 0.29) is 29.5 Å². The van der Waals surface area contributed by atoms with Crippen LogP contribution in [0.1, 0.15) is 18.4 Å². The second kappa shape index (κ2) is 9.84. The van der Waals surface area contributed by atoms with E-state index >= 15 is 0 Å². The molecule has 0 aliphatic carbocycles. The van der Waals surface area contributed by atoms with Crippen LogP contribution in [-0.4, -0.2) is 48.3 Å². The number of aromatic nitrogens is 1. The number of pyridine rings is 1. The van der Waals surface area contributed by atoms with Gasteiger partial charge in [0.1, 0.15) is 12.4 Å². The Hall–Kier alpha value is -4.04. The monoisotopic (exact) mass is 484 g/mol. The van der Waals surface area contributed by atoms with Crippen LogP contribution in [0.5, 0.6) is 5.75 Å². The first-order valence-electron chi connectivity index (χ1n) is 10.5. The fourth-order valence-electron chi connectivity index (χ4n) is 3.98. The molecular formula is C22H21ClN6O5. The molecule has 0 spiro atoms. The number of carbonyl (C=O) groups is 3. The summed E-state index contributed by atoms with van der Waals surface area (Å²) in [7, 11) is 0. The maximum Gasteiger partial charge on any atom is 0.414 e. The van der Waals surface area contributed by atoms with E-state index in [0.29, 0.717) is 31.7 Å². The number of rotatable bonds is 5. The van der Waals surface area contributed by atoms with Crippen LogP contribution >= 0.6 is 11.6 Å². The summed E-state index contributed by atoms with van der Waals surface area (Å²) in [6.07, 6.45) is 1.31. The van der Waals surface area contributed by atoms with Crippen molar-refractivity contribution in [3.63, 3.8) is 0 Å². The van der Waals surface area contributed by atoms with Gasteiger partial charge < -0.3 is 20.1 Å². The predicted molar refractivity (Wildman–Crippen MR) is 121 cm³/mol. The first kappa shape index (κ1) is 23.1. The van der Waals surface area contributed by atoms with E-state index in [1.807, 2.05) is 34.5 Å². The molecule has 3 N–H and O–H groups in total. The lowest BCUT2D eigenvalue weighted by atomic mass is 10.0. The number of nitrogens with one attached hydrogen (secondary N) is 1. The molecule has 4 rings (SSSR count). The van der Waals surface area contributed by atoms with Crippen molar-refractivity contribution < 1.29 is 23.9 Å². The van der Waals surface area contributed by atoms with E-state index in [1.54, 1.807) is 11.0 Å². The minimum absolute atomic E-state index is 0.0198. The number of piperidine rings is 1. The van der Waals surface area contributed by atoms with Gasteiger partial charge in [-0.25, -0.2) is 14.6 Å². The van der Waals surface area contributed by atoms with Crippen molar-refractivity contribution >= 4 is 41.2 Å². The predicted octanol–water partition coefficient (Wildman–Crippen LogP) is 2.33. The number of hydrogen-bond donors (Lipinski definition) is 2.